The minimum Gasteiger partial charge on any atom is -0.426 e. The average Bonchev–Trinajstić information content (AvgIpc) is 3.09. The Balaban J connectivity index is 1.60. The Kier molecular flexibility index (Phi) is 4.33. The first-order valence-electron chi connectivity index (χ1n) is 9.09. The summed E-state index contributed by atoms with van der Waals surface area (Å²) in [7, 11) is 0. The Bertz CT molecular complexity index is 1200. The Morgan fingerprint density at radius 1 is 1.10 bits per heavy atom. The molecule has 0 saturated heterocycles. The van der Waals surface area contributed by atoms with E-state index in [0.29, 0.717) is 16.5 Å². The lowest BCUT2D eigenvalue weighted by molar-refractivity contribution is -0.142. The molecule has 6 nitrogen and oxygen atoms in total. The van der Waals surface area contributed by atoms with E-state index in [-0.39, 0.29) is 16.7 Å². The Morgan fingerprint density at radius 3 is 2.69 bits per heavy atom. The molecule has 0 radical (unpaired) electrons. The summed E-state index contributed by atoms with van der Waals surface area (Å²) in [6.45, 7) is 1.91. The van der Waals surface area contributed by atoms with Gasteiger partial charge in [0.1, 0.15) is 11.0 Å². The lowest BCUT2D eigenvalue weighted by Crippen LogP contribution is -2.46. The van der Waals surface area contributed by atoms with Crippen LogP contribution < -0.4 is 14.9 Å². The van der Waals surface area contributed by atoms with Gasteiger partial charge in [0.15, 0.2) is 0 Å². The standard InChI is InChI=1S/C21H16N2O4S2/c1-10-6-2-4-8-12(10)22-18(24)16-15-14(17-19(28-16)23-21(26)29-17)11-7-3-5-9-13(11)27-20(15)25/h2-9,14-16H,1H3,(H,22,24)(H,23,26). The number of hydrogen-bond donors (Lipinski definition) is 2. The first-order chi connectivity index (χ1) is 14.0. The zero-order valence-corrected chi connectivity index (χ0v) is 16.9. The summed E-state index contributed by atoms with van der Waals surface area (Å²) in [6.07, 6.45) is 0. The fraction of sp³-hybridized carbons (Fsp3) is 0.190. The molecule has 0 saturated carbocycles. The Labute approximate surface area is 174 Å². The van der Waals surface area contributed by atoms with Gasteiger partial charge in [0, 0.05) is 22.0 Å². The zero-order valence-electron chi connectivity index (χ0n) is 15.3. The molecule has 3 heterocycles. The highest BCUT2D eigenvalue weighted by Gasteiger charge is 2.51. The van der Waals surface area contributed by atoms with Crippen LogP contribution in [-0.4, -0.2) is 22.1 Å². The number of para-hydroxylation sites is 2. The van der Waals surface area contributed by atoms with Crippen molar-refractivity contribution in [3.8, 4) is 5.75 Å². The Morgan fingerprint density at radius 2 is 1.86 bits per heavy atom. The molecule has 29 heavy (non-hydrogen) atoms. The molecule has 0 fully saturated rings. The summed E-state index contributed by atoms with van der Waals surface area (Å²) in [5.74, 6) is -1.35. The number of carbonyl (C=O) groups excluding carboxylic acids is 2. The highest BCUT2D eigenvalue weighted by atomic mass is 32.2. The molecule has 146 valence electrons. The van der Waals surface area contributed by atoms with E-state index in [2.05, 4.69) is 10.3 Å². The second-order valence-electron chi connectivity index (χ2n) is 7.01. The highest BCUT2D eigenvalue weighted by molar-refractivity contribution is 8.00. The van der Waals surface area contributed by atoms with E-state index in [1.54, 1.807) is 12.1 Å². The number of esters is 1. The number of H-pyrrole nitrogens is 1. The number of aromatic nitrogens is 1. The van der Waals surface area contributed by atoms with Crippen LogP contribution in [0, 0.1) is 12.8 Å². The predicted molar refractivity (Wildman–Crippen MR) is 112 cm³/mol. The second-order valence-corrected chi connectivity index (χ2v) is 9.18. The van der Waals surface area contributed by atoms with Crippen molar-refractivity contribution in [3.05, 3.63) is 74.2 Å². The second kappa shape index (κ2) is 6.89. The number of hydrogen-bond acceptors (Lipinski definition) is 6. The summed E-state index contributed by atoms with van der Waals surface area (Å²) in [4.78, 5) is 41.7. The Hall–Kier alpha value is -2.84. The maximum absolute atomic E-state index is 13.2. The fourth-order valence-corrected chi connectivity index (χ4v) is 6.35. The number of ether oxygens (including phenoxy) is 1. The topological polar surface area (TPSA) is 88.3 Å². The minimum absolute atomic E-state index is 0.197. The molecule has 2 N–H and O–H groups in total. The quantitative estimate of drug-likeness (QED) is 0.485. The maximum atomic E-state index is 13.2. The van der Waals surface area contributed by atoms with Gasteiger partial charge < -0.3 is 15.0 Å². The van der Waals surface area contributed by atoms with Crippen molar-refractivity contribution in [1.29, 1.82) is 0 Å². The van der Waals surface area contributed by atoms with Crippen LogP contribution in [0.2, 0.25) is 0 Å². The summed E-state index contributed by atoms with van der Waals surface area (Å²) < 4.78 is 5.56. The van der Waals surface area contributed by atoms with E-state index in [0.717, 1.165) is 27.3 Å². The predicted octanol–water partition coefficient (Wildman–Crippen LogP) is 3.52. The summed E-state index contributed by atoms with van der Waals surface area (Å²) >= 11 is 2.31. The van der Waals surface area contributed by atoms with Crippen LogP contribution in [-0.2, 0) is 9.59 Å². The third-order valence-corrected chi connectivity index (χ3v) is 7.67. The van der Waals surface area contributed by atoms with Gasteiger partial charge in [-0.15, -0.1) is 0 Å². The molecule has 3 unspecified atom stereocenters. The largest absolute Gasteiger partial charge is 0.426 e. The van der Waals surface area contributed by atoms with E-state index < -0.39 is 17.1 Å². The summed E-state index contributed by atoms with van der Waals surface area (Å²) in [5.41, 5.74) is 2.45. The lowest BCUT2D eigenvalue weighted by Gasteiger charge is -2.38. The minimum atomic E-state index is -0.724. The molecule has 0 aliphatic carbocycles. The third-order valence-electron chi connectivity index (χ3n) is 5.25. The van der Waals surface area contributed by atoms with Crippen molar-refractivity contribution in [2.45, 2.75) is 23.1 Å². The first-order valence-corrected chi connectivity index (χ1v) is 10.8. The first kappa shape index (κ1) is 18.2. The highest BCUT2D eigenvalue weighted by Crippen LogP contribution is 2.53. The monoisotopic (exact) mass is 424 g/mol. The number of rotatable bonds is 2. The van der Waals surface area contributed by atoms with Crippen LogP contribution in [0.5, 0.6) is 5.75 Å². The van der Waals surface area contributed by atoms with Crippen LogP contribution in [0.15, 0.2) is 58.4 Å². The lowest BCUT2D eigenvalue weighted by atomic mass is 9.80. The van der Waals surface area contributed by atoms with Crippen LogP contribution in [0.25, 0.3) is 0 Å². The summed E-state index contributed by atoms with van der Waals surface area (Å²) in [6, 6.07) is 14.8. The number of fused-ring (bicyclic) bond motifs is 5. The maximum Gasteiger partial charge on any atom is 0.317 e. The number of anilines is 1. The van der Waals surface area contributed by atoms with E-state index in [1.807, 2.05) is 43.3 Å². The van der Waals surface area contributed by atoms with E-state index in [9.17, 15) is 14.4 Å². The molecule has 0 spiro atoms. The van der Waals surface area contributed by atoms with Crippen LogP contribution >= 0.6 is 23.1 Å². The van der Waals surface area contributed by atoms with Gasteiger partial charge in [0.25, 0.3) is 0 Å². The van der Waals surface area contributed by atoms with E-state index in [4.69, 9.17) is 4.74 Å². The van der Waals surface area contributed by atoms with Crippen molar-refractivity contribution >= 4 is 40.7 Å². The number of nitrogens with one attached hydrogen (secondary N) is 2. The van der Waals surface area contributed by atoms with Crippen molar-refractivity contribution in [1.82, 2.24) is 4.98 Å². The molecular formula is C21H16N2O4S2. The van der Waals surface area contributed by atoms with Gasteiger partial charge in [-0.05, 0) is 24.6 Å². The molecule has 8 heteroatoms. The smallest absolute Gasteiger partial charge is 0.317 e. The van der Waals surface area contributed by atoms with Crippen LogP contribution in [0.1, 0.15) is 21.9 Å². The number of benzene rings is 2. The van der Waals surface area contributed by atoms with Crippen molar-refractivity contribution in [2.75, 3.05) is 5.32 Å². The van der Waals surface area contributed by atoms with Gasteiger partial charge in [-0.3, -0.25) is 14.4 Å². The molecular weight excluding hydrogens is 408 g/mol. The number of carbonyl (C=O) groups is 2. The average molecular weight is 425 g/mol. The van der Waals surface area contributed by atoms with E-state index in [1.165, 1.54) is 11.8 Å². The number of aryl methyl sites for hydroxylation is 1. The normalized spacial score (nSPS) is 22.1. The van der Waals surface area contributed by atoms with Crippen molar-refractivity contribution in [2.24, 2.45) is 5.92 Å². The third kappa shape index (κ3) is 2.99. The number of amides is 1. The summed E-state index contributed by atoms with van der Waals surface area (Å²) in [5, 5.41) is 2.86. The van der Waals surface area contributed by atoms with E-state index >= 15 is 0 Å². The number of thiazole rings is 1. The van der Waals surface area contributed by atoms with Crippen LogP contribution in [0.4, 0.5) is 5.69 Å². The van der Waals surface area contributed by atoms with Crippen LogP contribution in [0.3, 0.4) is 0 Å². The molecule has 1 amide bonds. The zero-order chi connectivity index (χ0) is 20.1. The van der Waals surface area contributed by atoms with Gasteiger partial charge in [-0.25, -0.2) is 0 Å². The molecule has 2 aliphatic heterocycles. The van der Waals surface area contributed by atoms with Gasteiger partial charge in [-0.1, -0.05) is 59.5 Å². The molecule has 3 atom stereocenters. The van der Waals surface area contributed by atoms with Gasteiger partial charge in [-0.2, -0.15) is 0 Å². The van der Waals surface area contributed by atoms with Gasteiger partial charge in [0.05, 0.1) is 10.9 Å². The van der Waals surface area contributed by atoms with Gasteiger partial charge >= 0.3 is 10.8 Å². The number of aromatic amines is 1. The fourth-order valence-electron chi connectivity index (χ4n) is 3.89. The SMILES string of the molecule is Cc1ccccc1NC(=O)C1Sc2[nH]c(=O)sc2C2c3ccccc3OC(=O)C12. The molecule has 0 bridgehead atoms. The molecule has 1 aromatic heterocycles. The molecule has 2 aromatic carbocycles. The van der Waals surface area contributed by atoms with Crippen molar-refractivity contribution in [3.63, 3.8) is 0 Å². The number of thioether (sulfide) groups is 1. The molecule has 3 aromatic rings. The van der Waals surface area contributed by atoms with Crippen molar-refractivity contribution < 1.29 is 14.3 Å². The molecule has 2 aliphatic rings. The van der Waals surface area contributed by atoms with Gasteiger partial charge in [0.2, 0.25) is 5.91 Å². The molecule has 5 rings (SSSR count).